The summed E-state index contributed by atoms with van der Waals surface area (Å²) >= 11 is 0. The smallest absolute Gasteiger partial charge is 0.394 e. The Morgan fingerprint density at radius 2 is 1.21 bits per heavy atom. The van der Waals surface area contributed by atoms with E-state index in [2.05, 4.69) is 4.52 Å². The van der Waals surface area contributed by atoms with E-state index in [1.165, 1.54) is 0 Å². The van der Waals surface area contributed by atoms with E-state index < -0.39 is 92.6 Å². The van der Waals surface area contributed by atoms with Crippen LogP contribution in [0.5, 0.6) is 0 Å². The number of nitrogens with zero attached hydrogens (tertiary/aromatic N) is 2. The lowest BCUT2D eigenvalue weighted by atomic mass is 10.1. The van der Waals surface area contributed by atoms with Gasteiger partial charge >= 0.3 is 19.2 Å². The molecule has 8 atom stereocenters. The number of phosphoric ester groups is 1. The predicted molar refractivity (Wildman–Crippen MR) is 120 cm³/mol. The van der Waals surface area contributed by atoms with Crippen molar-refractivity contribution in [2.75, 3.05) is 13.2 Å². The fraction of sp³-hybridized carbons (Fsp3) is 0.556. The minimum absolute atomic E-state index is 0.479. The maximum absolute atomic E-state index is 11.6. The third kappa shape index (κ3) is 6.79. The lowest BCUT2D eigenvalue weighted by molar-refractivity contribution is -0.0550. The highest BCUT2D eigenvalue weighted by Gasteiger charge is 2.45. The second kappa shape index (κ2) is 11.9. The SMILES string of the molecule is O=c1ccn([C@@H]2O[C@H](CO)C(O)[C@@H]2O)c(=O)[nH]1.O=c1ccn([C@@H]2O[C@H](COP(=O)(O)O)C(O)[C@@H]2O)c(=O)[nH]1. The molecule has 0 saturated carbocycles. The number of hydrogen-bond donors (Lipinski definition) is 9. The molecule has 0 aromatic carbocycles. The van der Waals surface area contributed by atoms with E-state index in [4.69, 9.17) is 24.4 Å². The summed E-state index contributed by atoms with van der Waals surface area (Å²) in [5.41, 5.74) is -2.84. The number of hydrogen-bond acceptors (Lipinski definition) is 13. The van der Waals surface area contributed by atoms with Crippen LogP contribution in [-0.2, 0) is 18.6 Å². The van der Waals surface area contributed by atoms with Gasteiger partial charge in [0.2, 0.25) is 0 Å². The van der Waals surface area contributed by atoms with Gasteiger partial charge in [-0.05, 0) is 0 Å². The van der Waals surface area contributed by atoms with Crippen molar-refractivity contribution in [1.29, 1.82) is 0 Å². The second-order valence-electron chi connectivity index (χ2n) is 8.10. The summed E-state index contributed by atoms with van der Waals surface area (Å²) in [5, 5.41) is 47.6. The van der Waals surface area contributed by atoms with Crippen LogP contribution in [0.4, 0.5) is 0 Å². The highest BCUT2D eigenvalue weighted by atomic mass is 31.2. The fourth-order valence-corrected chi connectivity index (χ4v) is 3.97. The average Bonchev–Trinajstić information content (AvgIpc) is 3.28. The van der Waals surface area contributed by atoms with Gasteiger partial charge in [0.1, 0.15) is 36.6 Å². The molecule has 19 nitrogen and oxygen atoms in total. The first-order valence-electron chi connectivity index (χ1n) is 10.7. The van der Waals surface area contributed by atoms with Crippen molar-refractivity contribution >= 4 is 7.82 Å². The molecule has 212 valence electrons. The molecule has 2 saturated heterocycles. The van der Waals surface area contributed by atoms with Crippen LogP contribution >= 0.6 is 7.82 Å². The molecule has 4 rings (SSSR count). The molecular weight excluding hydrogens is 543 g/mol. The van der Waals surface area contributed by atoms with E-state index in [0.717, 1.165) is 33.7 Å². The second-order valence-corrected chi connectivity index (χ2v) is 9.34. The lowest BCUT2D eigenvalue weighted by Gasteiger charge is -2.16. The number of aromatic amines is 2. The van der Waals surface area contributed by atoms with Gasteiger partial charge in [0.25, 0.3) is 11.1 Å². The van der Waals surface area contributed by atoms with Crippen molar-refractivity contribution in [3.63, 3.8) is 0 Å². The summed E-state index contributed by atoms with van der Waals surface area (Å²) in [4.78, 5) is 66.0. The zero-order valence-electron chi connectivity index (χ0n) is 19.1. The number of H-pyrrole nitrogens is 2. The van der Waals surface area contributed by atoms with Crippen molar-refractivity contribution < 1.29 is 53.9 Å². The topological polar surface area (TPSA) is 296 Å². The van der Waals surface area contributed by atoms with E-state index in [9.17, 15) is 44.2 Å². The molecule has 2 aliphatic heterocycles. The number of aliphatic hydroxyl groups is 5. The van der Waals surface area contributed by atoms with E-state index >= 15 is 0 Å². The lowest BCUT2D eigenvalue weighted by Crippen LogP contribution is -2.37. The van der Waals surface area contributed by atoms with Crippen LogP contribution in [0.1, 0.15) is 12.5 Å². The van der Waals surface area contributed by atoms with E-state index in [1.54, 1.807) is 0 Å². The standard InChI is InChI=1S/C9H13N2O9P.C9H12N2O6/c12-5-1-2-11(9(15)10-5)8-7(14)6(13)4(20-8)3-19-21(16,17)18;12-3-4-6(14)7(15)8(17-4)11-2-1-5(13)10-9(11)16/h1-2,4,6-8,13-14H,3H2,(H,10,12,15)(H2,16,17,18);1-2,4,6-8,12,14-15H,3H2,(H,10,13,16)/t2*4-,6?,7+,8-/m11/s1. The molecule has 9 N–H and O–H groups in total. The number of rotatable bonds is 6. The Balaban J connectivity index is 0.000000215. The molecule has 0 radical (unpaired) electrons. The third-order valence-corrected chi connectivity index (χ3v) is 6.00. The van der Waals surface area contributed by atoms with Crippen LogP contribution in [0.15, 0.2) is 43.7 Å². The first-order valence-corrected chi connectivity index (χ1v) is 12.2. The number of aromatic nitrogens is 4. The van der Waals surface area contributed by atoms with Crippen LogP contribution in [0.25, 0.3) is 0 Å². The highest BCUT2D eigenvalue weighted by Crippen LogP contribution is 2.38. The predicted octanol–water partition coefficient (Wildman–Crippen LogP) is -5.59. The number of aliphatic hydroxyl groups excluding tert-OH is 5. The van der Waals surface area contributed by atoms with Gasteiger partial charge < -0.3 is 44.8 Å². The molecule has 2 aliphatic rings. The average molecular weight is 568 g/mol. The molecule has 0 bridgehead atoms. The molecule has 0 spiro atoms. The highest BCUT2D eigenvalue weighted by molar-refractivity contribution is 7.46. The van der Waals surface area contributed by atoms with Crippen LogP contribution in [0.2, 0.25) is 0 Å². The van der Waals surface area contributed by atoms with Gasteiger partial charge in [-0.25, -0.2) is 14.2 Å². The molecule has 2 fully saturated rings. The van der Waals surface area contributed by atoms with Crippen LogP contribution < -0.4 is 22.5 Å². The summed E-state index contributed by atoms with van der Waals surface area (Å²) in [7, 11) is -4.76. The zero-order chi connectivity index (χ0) is 28.4. The Hall–Kier alpha value is -2.81. The van der Waals surface area contributed by atoms with E-state index in [1.807, 2.05) is 9.97 Å². The number of phosphoric acid groups is 1. The Morgan fingerprint density at radius 3 is 1.58 bits per heavy atom. The maximum Gasteiger partial charge on any atom is 0.469 e. The van der Waals surface area contributed by atoms with Gasteiger partial charge in [0, 0.05) is 24.5 Å². The van der Waals surface area contributed by atoms with Gasteiger partial charge in [0.05, 0.1) is 13.2 Å². The van der Waals surface area contributed by atoms with Crippen LogP contribution in [-0.4, -0.2) is 104 Å². The monoisotopic (exact) mass is 568 g/mol. The summed E-state index contributed by atoms with van der Waals surface area (Å²) in [6, 6.07) is 2.11. The normalized spacial score (nSPS) is 31.1. The minimum Gasteiger partial charge on any atom is -0.394 e. The summed E-state index contributed by atoms with van der Waals surface area (Å²) in [5.74, 6) is 0. The first-order chi connectivity index (χ1) is 17.7. The first kappa shape index (κ1) is 29.7. The fourth-order valence-electron chi connectivity index (χ4n) is 3.63. The van der Waals surface area contributed by atoms with Gasteiger partial charge in [0.15, 0.2) is 12.5 Å². The Morgan fingerprint density at radius 1 is 0.789 bits per heavy atom. The van der Waals surface area contributed by atoms with E-state index in [-0.39, 0.29) is 0 Å². The summed E-state index contributed by atoms with van der Waals surface area (Å²) < 4.78 is 26.9. The van der Waals surface area contributed by atoms with Crippen molar-refractivity contribution in [3.8, 4) is 0 Å². The quantitative estimate of drug-likeness (QED) is 0.147. The summed E-state index contributed by atoms with van der Waals surface area (Å²) in [6.45, 7) is -1.16. The Bertz CT molecular complexity index is 1380. The molecule has 38 heavy (non-hydrogen) atoms. The van der Waals surface area contributed by atoms with Gasteiger partial charge in [-0.3, -0.25) is 33.2 Å². The third-order valence-electron chi connectivity index (χ3n) is 5.51. The van der Waals surface area contributed by atoms with Crippen molar-refractivity contribution in [2.45, 2.75) is 49.1 Å². The van der Waals surface area contributed by atoms with E-state index in [0.29, 0.717) is 0 Å². The molecule has 2 aromatic heterocycles. The minimum atomic E-state index is -4.76. The Labute approximate surface area is 210 Å². The van der Waals surface area contributed by atoms with Gasteiger partial charge in [-0.1, -0.05) is 0 Å². The molecule has 2 unspecified atom stereocenters. The molecule has 20 heteroatoms. The number of ether oxygens (including phenoxy) is 2. The van der Waals surface area contributed by atoms with Gasteiger partial charge in [-0.2, -0.15) is 0 Å². The molecule has 2 aromatic rings. The van der Waals surface area contributed by atoms with Crippen molar-refractivity contribution in [2.24, 2.45) is 0 Å². The molecule has 0 amide bonds. The largest absolute Gasteiger partial charge is 0.469 e. The van der Waals surface area contributed by atoms with Crippen LogP contribution in [0, 0.1) is 0 Å². The summed E-state index contributed by atoms with van der Waals surface area (Å²) in [6.07, 6.45) is -8.17. The maximum atomic E-state index is 11.6. The Kier molecular flexibility index (Phi) is 9.34. The molecule has 4 heterocycles. The molecule has 0 aliphatic carbocycles. The van der Waals surface area contributed by atoms with Gasteiger partial charge in [-0.15, -0.1) is 0 Å². The van der Waals surface area contributed by atoms with Crippen LogP contribution in [0.3, 0.4) is 0 Å². The van der Waals surface area contributed by atoms with Crippen molar-refractivity contribution in [1.82, 2.24) is 19.1 Å². The number of nitrogens with one attached hydrogen (secondary N) is 2. The molecular formula is C18H25N4O15P. The van der Waals surface area contributed by atoms with Crippen molar-refractivity contribution in [3.05, 3.63) is 66.2 Å². The zero-order valence-corrected chi connectivity index (χ0v) is 20.0.